The van der Waals surface area contributed by atoms with E-state index in [1.807, 2.05) is 6.92 Å². The third kappa shape index (κ3) is 4.37. The summed E-state index contributed by atoms with van der Waals surface area (Å²) < 4.78 is 15.1. The lowest BCUT2D eigenvalue weighted by molar-refractivity contribution is -0.152. The fourth-order valence-corrected chi connectivity index (χ4v) is 1.63. The Balaban J connectivity index is 2.72. The van der Waals surface area contributed by atoms with E-state index in [-0.39, 0.29) is 6.61 Å². The molecule has 0 bridgehead atoms. The molecule has 1 aromatic rings. The Labute approximate surface area is 124 Å². The number of anilines is 1. The van der Waals surface area contributed by atoms with E-state index in [4.69, 9.17) is 15.2 Å². The van der Waals surface area contributed by atoms with Crippen molar-refractivity contribution in [2.24, 2.45) is 5.41 Å². The molecule has 0 atom stereocenters. The van der Waals surface area contributed by atoms with E-state index < -0.39 is 17.4 Å². The molecule has 2 N–H and O–H groups in total. The normalized spacial score (nSPS) is 10.9. The first-order valence-corrected chi connectivity index (χ1v) is 6.59. The zero-order valence-electron chi connectivity index (χ0n) is 12.8. The third-order valence-electron chi connectivity index (χ3n) is 2.85. The van der Waals surface area contributed by atoms with Crippen LogP contribution in [0.15, 0.2) is 18.2 Å². The SMILES string of the molecule is CCOc1ccc(C(=O)OCC(C)(C)C(=O)OC)cc1N. The molecule has 1 aromatic carbocycles. The minimum absolute atomic E-state index is 0.0778. The fourth-order valence-electron chi connectivity index (χ4n) is 1.63. The molecule has 0 aliphatic heterocycles. The van der Waals surface area contributed by atoms with Crippen LogP contribution in [0.5, 0.6) is 5.75 Å². The summed E-state index contributed by atoms with van der Waals surface area (Å²) in [6.45, 7) is 5.53. The van der Waals surface area contributed by atoms with Crippen molar-refractivity contribution in [2.45, 2.75) is 20.8 Å². The van der Waals surface area contributed by atoms with Crippen molar-refractivity contribution in [1.82, 2.24) is 0 Å². The fraction of sp³-hybridized carbons (Fsp3) is 0.467. The first kappa shape index (κ1) is 16.8. The lowest BCUT2D eigenvalue weighted by Gasteiger charge is -2.20. The van der Waals surface area contributed by atoms with Crippen LogP contribution < -0.4 is 10.5 Å². The van der Waals surface area contributed by atoms with Gasteiger partial charge in [-0.15, -0.1) is 0 Å². The monoisotopic (exact) mass is 295 g/mol. The second-order valence-corrected chi connectivity index (χ2v) is 5.14. The van der Waals surface area contributed by atoms with Gasteiger partial charge in [-0.25, -0.2) is 4.79 Å². The zero-order chi connectivity index (χ0) is 16.0. The van der Waals surface area contributed by atoms with E-state index in [0.29, 0.717) is 23.6 Å². The van der Waals surface area contributed by atoms with E-state index in [2.05, 4.69) is 4.74 Å². The number of hydrogen-bond donors (Lipinski definition) is 1. The summed E-state index contributed by atoms with van der Waals surface area (Å²) in [7, 11) is 1.29. The quantitative estimate of drug-likeness (QED) is 0.638. The Kier molecular flexibility index (Phi) is 5.58. The number of hydrogen-bond acceptors (Lipinski definition) is 6. The molecule has 0 spiro atoms. The van der Waals surface area contributed by atoms with E-state index in [1.165, 1.54) is 13.2 Å². The number of nitrogen functional groups attached to an aromatic ring is 1. The highest BCUT2D eigenvalue weighted by Gasteiger charge is 2.30. The maximum atomic E-state index is 12.0. The van der Waals surface area contributed by atoms with Crippen LogP contribution in [0.3, 0.4) is 0 Å². The van der Waals surface area contributed by atoms with Gasteiger partial charge in [0.15, 0.2) is 0 Å². The maximum Gasteiger partial charge on any atom is 0.338 e. The Hall–Kier alpha value is -2.24. The largest absolute Gasteiger partial charge is 0.492 e. The summed E-state index contributed by atoms with van der Waals surface area (Å²) in [6, 6.07) is 4.66. The van der Waals surface area contributed by atoms with Crippen LogP contribution in [0.4, 0.5) is 5.69 Å². The first-order valence-electron chi connectivity index (χ1n) is 6.59. The van der Waals surface area contributed by atoms with Crippen molar-refractivity contribution in [3.8, 4) is 5.75 Å². The molecule has 6 nitrogen and oxygen atoms in total. The van der Waals surface area contributed by atoms with E-state index >= 15 is 0 Å². The minimum Gasteiger partial charge on any atom is -0.492 e. The molecular formula is C15H21NO5. The molecule has 116 valence electrons. The highest BCUT2D eigenvalue weighted by atomic mass is 16.5. The Morgan fingerprint density at radius 1 is 1.29 bits per heavy atom. The predicted octanol–water partition coefficient (Wildman–Crippen LogP) is 2.02. The van der Waals surface area contributed by atoms with Crippen molar-refractivity contribution in [3.05, 3.63) is 23.8 Å². The average molecular weight is 295 g/mol. The summed E-state index contributed by atoms with van der Waals surface area (Å²) in [5.74, 6) is -0.479. The molecule has 21 heavy (non-hydrogen) atoms. The second kappa shape index (κ2) is 6.97. The molecule has 0 unspecified atom stereocenters. The van der Waals surface area contributed by atoms with Gasteiger partial charge in [-0.2, -0.15) is 0 Å². The van der Waals surface area contributed by atoms with Gasteiger partial charge in [0.25, 0.3) is 0 Å². The molecule has 0 amide bonds. The second-order valence-electron chi connectivity index (χ2n) is 5.14. The van der Waals surface area contributed by atoms with Crippen LogP contribution in [-0.2, 0) is 14.3 Å². The molecule has 0 heterocycles. The van der Waals surface area contributed by atoms with E-state index in [0.717, 1.165) is 0 Å². The Morgan fingerprint density at radius 2 is 1.95 bits per heavy atom. The van der Waals surface area contributed by atoms with Crippen molar-refractivity contribution < 1.29 is 23.8 Å². The highest BCUT2D eigenvalue weighted by molar-refractivity contribution is 5.91. The molecule has 0 aliphatic rings. The van der Waals surface area contributed by atoms with Gasteiger partial charge < -0.3 is 19.9 Å². The van der Waals surface area contributed by atoms with Crippen molar-refractivity contribution in [2.75, 3.05) is 26.1 Å². The number of benzene rings is 1. The summed E-state index contributed by atoms with van der Waals surface area (Å²) in [5.41, 5.74) is 5.55. The van der Waals surface area contributed by atoms with Crippen LogP contribution in [0.2, 0.25) is 0 Å². The number of esters is 2. The van der Waals surface area contributed by atoms with Crippen LogP contribution in [0.1, 0.15) is 31.1 Å². The predicted molar refractivity (Wildman–Crippen MR) is 78.1 cm³/mol. The number of methoxy groups -OCH3 is 1. The van der Waals surface area contributed by atoms with Gasteiger partial charge in [-0.1, -0.05) is 0 Å². The number of rotatable bonds is 6. The van der Waals surface area contributed by atoms with Gasteiger partial charge in [0, 0.05) is 0 Å². The molecule has 0 radical (unpaired) electrons. The minimum atomic E-state index is -0.902. The molecule has 0 aliphatic carbocycles. The lowest BCUT2D eigenvalue weighted by atomic mass is 9.95. The molecular weight excluding hydrogens is 274 g/mol. The van der Waals surface area contributed by atoms with E-state index in [9.17, 15) is 9.59 Å². The zero-order valence-corrected chi connectivity index (χ0v) is 12.8. The summed E-state index contributed by atoms with van der Waals surface area (Å²) in [5, 5.41) is 0. The van der Waals surface area contributed by atoms with Gasteiger partial charge in [0.05, 0.1) is 30.4 Å². The summed E-state index contributed by atoms with van der Waals surface area (Å²) in [6.07, 6.45) is 0. The molecule has 0 saturated heterocycles. The Bertz CT molecular complexity index is 525. The van der Waals surface area contributed by atoms with Crippen LogP contribution in [-0.4, -0.2) is 32.3 Å². The van der Waals surface area contributed by atoms with Gasteiger partial charge in [-0.05, 0) is 39.0 Å². The third-order valence-corrected chi connectivity index (χ3v) is 2.85. The topological polar surface area (TPSA) is 87.8 Å². The molecule has 0 aromatic heterocycles. The lowest BCUT2D eigenvalue weighted by Crippen LogP contribution is -2.31. The molecule has 0 fully saturated rings. The van der Waals surface area contributed by atoms with Gasteiger partial charge in [0.2, 0.25) is 0 Å². The first-order chi connectivity index (χ1) is 9.81. The van der Waals surface area contributed by atoms with Crippen molar-refractivity contribution in [3.63, 3.8) is 0 Å². The van der Waals surface area contributed by atoms with Crippen LogP contribution >= 0.6 is 0 Å². The summed E-state index contributed by atoms with van der Waals surface area (Å²) >= 11 is 0. The van der Waals surface area contributed by atoms with E-state index in [1.54, 1.807) is 26.0 Å². The average Bonchev–Trinajstić information content (AvgIpc) is 2.46. The summed E-state index contributed by atoms with van der Waals surface area (Å²) in [4.78, 5) is 23.5. The van der Waals surface area contributed by atoms with Crippen LogP contribution in [0.25, 0.3) is 0 Å². The Morgan fingerprint density at radius 3 is 2.48 bits per heavy atom. The van der Waals surface area contributed by atoms with Gasteiger partial charge in [0.1, 0.15) is 12.4 Å². The van der Waals surface area contributed by atoms with Crippen molar-refractivity contribution in [1.29, 1.82) is 0 Å². The van der Waals surface area contributed by atoms with Crippen LogP contribution in [0, 0.1) is 5.41 Å². The number of nitrogens with two attached hydrogens (primary N) is 1. The maximum absolute atomic E-state index is 12.0. The van der Waals surface area contributed by atoms with Crippen molar-refractivity contribution >= 4 is 17.6 Å². The number of carbonyl (C=O) groups excluding carboxylic acids is 2. The van der Waals surface area contributed by atoms with Gasteiger partial charge >= 0.3 is 11.9 Å². The van der Waals surface area contributed by atoms with Gasteiger partial charge in [-0.3, -0.25) is 4.79 Å². The number of carbonyl (C=O) groups is 2. The molecule has 6 heteroatoms. The molecule has 0 saturated carbocycles. The smallest absolute Gasteiger partial charge is 0.338 e. The standard InChI is InChI=1S/C15H21NO5/c1-5-20-12-7-6-10(8-11(12)16)13(17)21-9-15(2,3)14(18)19-4/h6-8H,5,9,16H2,1-4H3. The highest BCUT2D eigenvalue weighted by Crippen LogP contribution is 2.24. The number of ether oxygens (including phenoxy) is 3. The molecule has 1 rings (SSSR count).